The lowest BCUT2D eigenvalue weighted by molar-refractivity contribution is -0.136. The molecule has 0 aromatic heterocycles. The molecule has 0 radical (unpaired) electrons. The van der Waals surface area contributed by atoms with E-state index in [9.17, 15) is 13.2 Å². The van der Waals surface area contributed by atoms with Crippen LogP contribution in [0.3, 0.4) is 0 Å². The van der Waals surface area contributed by atoms with Crippen molar-refractivity contribution in [1.82, 2.24) is 0 Å². The van der Waals surface area contributed by atoms with Gasteiger partial charge in [-0.25, -0.2) is 0 Å². The van der Waals surface area contributed by atoms with Crippen LogP contribution in [0.2, 0.25) is 0 Å². The van der Waals surface area contributed by atoms with E-state index in [0.717, 1.165) is 24.2 Å². The van der Waals surface area contributed by atoms with Crippen LogP contribution in [-0.4, -0.2) is 12.7 Å². The lowest BCUT2D eigenvalue weighted by Crippen LogP contribution is -2.18. The van der Waals surface area contributed by atoms with Gasteiger partial charge < -0.3 is 5.32 Å². The molecule has 1 aliphatic heterocycles. The maximum absolute atomic E-state index is 12.2. The highest BCUT2D eigenvalue weighted by molar-refractivity contribution is 5.54. The molecule has 0 saturated carbocycles. The second kappa shape index (κ2) is 4.36. The highest BCUT2D eigenvalue weighted by Crippen LogP contribution is 2.36. The Morgan fingerprint density at radius 3 is 2.75 bits per heavy atom. The third kappa shape index (κ3) is 2.68. The summed E-state index contributed by atoms with van der Waals surface area (Å²) in [6, 6.07) is 7.63. The van der Waals surface area contributed by atoms with Gasteiger partial charge in [-0.3, -0.25) is 0 Å². The summed E-state index contributed by atoms with van der Waals surface area (Å²) in [6.07, 6.45) is -3.75. The number of hydrogen-bond donors (Lipinski definition) is 1. The van der Waals surface area contributed by atoms with Crippen LogP contribution >= 0.6 is 0 Å². The van der Waals surface area contributed by atoms with Crippen LogP contribution in [0.5, 0.6) is 0 Å². The Labute approximate surface area is 92.7 Å². The highest BCUT2D eigenvalue weighted by Gasteiger charge is 2.30. The Hall–Kier alpha value is -1.19. The van der Waals surface area contributed by atoms with Crippen LogP contribution < -0.4 is 5.32 Å². The Balaban J connectivity index is 2.07. The van der Waals surface area contributed by atoms with Crippen LogP contribution in [0, 0.1) is 0 Å². The fourth-order valence-electron chi connectivity index (χ4n) is 2.19. The number of benzene rings is 1. The predicted molar refractivity (Wildman–Crippen MR) is 57.6 cm³/mol. The van der Waals surface area contributed by atoms with E-state index in [1.165, 1.54) is 0 Å². The summed E-state index contributed by atoms with van der Waals surface area (Å²) in [6.45, 7) is 0.763. The number of anilines is 1. The smallest absolute Gasteiger partial charge is 0.385 e. The normalized spacial score (nSPS) is 20.1. The third-order valence-electron chi connectivity index (χ3n) is 2.99. The third-order valence-corrected chi connectivity index (χ3v) is 2.99. The maximum atomic E-state index is 12.2. The average molecular weight is 229 g/mol. The first-order valence-electron chi connectivity index (χ1n) is 5.46. The summed E-state index contributed by atoms with van der Waals surface area (Å²) in [5, 5.41) is 3.21. The molecule has 1 N–H and O–H groups in total. The van der Waals surface area contributed by atoms with Crippen LogP contribution in [0.25, 0.3) is 0 Å². The molecule has 88 valence electrons. The summed E-state index contributed by atoms with van der Waals surface area (Å²) < 4.78 is 36.5. The van der Waals surface area contributed by atoms with Gasteiger partial charge >= 0.3 is 6.18 Å². The molecule has 1 nitrogen and oxygen atoms in total. The van der Waals surface area contributed by atoms with Gasteiger partial charge in [0.05, 0.1) is 0 Å². The number of halogens is 3. The zero-order valence-corrected chi connectivity index (χ0v) is 8.85. The molecule has 1 atom stereocenters. The standard InChI is InChI=1S/C12H14F3N/c13-12(14,15)7-5-9-6-8-16-11-4-2-1-3-10(9)11/h1-4,9,16H,5-8H2. The van der Waals surface area contributed by atoms with E-state index < -0.39 is 12.6 Å². The largest absolute Gasteiger partial charge is 0.389 e. The number of fused-ring (bicyclic) bond motifs is 1. The number of hydrogen-bond acceptors (Lipinski definition) is 1. The summed E-state index contributed by atoms with van der Waals surface area (Å²) >= 11 is 0. The molecular formula is C12H14F3N. The van der Waals surface area contributed by atoms with E-state index in [1.54, 1.807) is 0 Å². The van der Waals surface area contributed by atoms with Gasteiger partial charge in [0.2, 0.25) is 0 Å². The Kier molecular flexibility index (Phi) is 3.08. The van der Waals surface area contributed by atoms with Gasteiger partial charge in [0.25, 0.3) is 0 Å². The van der Waals surface area contributed by atoms with Crippen LogP contribution in [-0.2, 0) is 0 Å². The fraction of sp³-hybridized carbons (Fsp3) is 0.500. The van der Waals surface area contributed by atoms with E-state index >= 15 is 0 Å². The van der Waals surface area contributed by atoms with Crippen molar-refractivity contribution in [2.45, 2.75) is 31.4 Å². The molecule has 1 aromatic carbocycles. The maximum Gasteiger partial charge on any atom is 0.389 e. The second-order valence-electron chi connectivity index (χ2n) is 4.15. The van der Waals surface area contributed by atoms with Crippen molar-refractivity contribution in [3.63, 3.8) is 0 Å². The van der Waals surface area contributed by atoms with Crippen LogP contribution in [0.1, 0.15) is 30.7 Å². The van der Waals surface area contributed by atoms with Gasteiger partial charge in [0.1, 0.15) is 0 Å². The highest BCUT2D eigenvalue weighted by atomic mass is 19.4. The van der Waals surface area contributed by atoms with Gasteiger partial charge in [-0.05, 0) is 30.4 Å². The summed E-state index contributed by atoms with van der Waals surface area (Å²) in [5.74, 6) is 0.0408. The molecule has 1 unspecified atom stereocenters. The van der Waals surface area contributed by atoms with E-state index in [0.29, 0.717) is 0 Å². The zero-order valence-electron chi connectivity index (χ0n) is 8.85. The Morgan fingerprint density at radius 2 is 2.00 bits per heavy atom. The minimum atomic E-state index is -4.04. The molecule has 0 saturated heterocycles. The van der Waals surface area contributed by atoms with E-state index in [-0.39, 0.29) is 12.3 Å². The zero-order chi connectivity index (χ0) is 11.6. The first kappa shape index (κ1) is 11.3. The minimum absolute atomic E-state index is 0.0408. The topological polar surface area (TPSA) is 12.0 Å². The Morgan fingerprint density at radius 1 is 1.25 bits per heavy atom. The van der Waals surface area contributed by atoms with Crippen molar-refractivity contribution < 1.29 is 13.2 Å². The second-order valence-corrected chi connectivity index (χ2v) is 4.15. The summed E-state index contributed by atoms with van der Waals surface area (Å²) in [5.41, 5.74) is 2.01. The quantitative estimate of drug-likeness (QED) is 0.810. The average Bonchev–Trinajstić information content (AvgIpc) is 2.25. The van der Waals surface area contributed by atoms with Gasteiger partial charge in [0, 0.05) is 18.7 Å². The van der Waals surface area contributed by atoms with Gasteiger partial charge in [-0.15, -0.1) is 0 Å². The van der Waals surface area contributed by atoms with Crippen LogP contribution in [0.15, 0.2) is 24.3 Å². The Bertz CT molecular complexity index is 360. The molecule has 1 heterocycles. The van der Waals surface area contributed by atoms with Crippen molar-refractivity contribution in [2.24, 2.45) is 0 Å². The molecule has 0 amide bonds. The molecule has 0 spiro atoms. The summed E-state index contributed by atoms with van der Waals surface area (Å²) in [4.78, 5) is 0. The van der Waals surface area contributed by atoms with Gasteiger partial charge in [-0.1, -0.05) is 18.2 Å². The minimum Gasteiger partial charge on any atom is -0.385 e. The van der Waals surface area contributed by atoms with Crippen molar-refractivity contribution in [3.8, 4) is 0 Å². The van der Waals surface area contributed by atoms with Gasteiger partial charge in [0.15, 0.2) is 0 Å². The molecule has 4 heteroatoms. The molecule has 0 aliphatic carbocycles. The predicted octanol–water partition coefficient (Wildman–Crippen LogP) is 3.93. The van der Waals surface area contributed by atoms with Crippen molar-refractivity contribution in [3.05, 3.63) is 29.8 Å². The monoisotopic (exact) mass is 229 g/mol. The summed E-state index contributed by atoms with van der Waals surface area (Å²) in [7, 11) is 0. The molecule has 0 fully saturated rings. The molecule has 16 heavy (non-hydrogen) atoms. The molecule has 1 aliphatic rings. The first-order chi connectivity index (χ1) is 7.56. The van der Waals surface area contributed by atoms with E-state index in [1.807, 2.05) is 24.3 Å². The van der Waals surface area contributed by atoms with Crippen molar-refractivity contribution in [1.29, 1.82) is 0 Å². The molecular weight excluding hydrogens is 215 g/mol. The first-order valence-corrected chi connectivity index (χ1v) is 5.46. The van der Waals surface area contributed by atoms with Crippen molar-refractivity contribution >= 4 is 5.69 Å². The van der Waals surface area contributed by atoms with Crippen LogP contribution in [0.4, 0.5) is 18.9 Å². The lowest BCUT2D eigenvalue weighted by Gasteiger charge is -2.26. The number of alkyl halides is 3. The molecule has 0 bridgehead atoms. The number of rotatable bonds is 2. The fourth-order valence-corrected chi connectivity index (χ4v) is 2.19. The van der Waals surface area contributed by atoms with Crippen molar-refractivity contribution in [2.75, 3.05) is 11.9 Å². The molecule has 1 aromatic rings. The lowest BCUT2D eigenvalue weighted by atomic mass is 9.87. The van der Waals surface area contributed by atoms with Gasteiger partial charge in [-0.2, -0.15) is 13.2 Å². The number of nitrogens with one attached hydrogen (secondary N) is 1. The SMILES string of the molecule is FC(F)(F)CCC1CCNc2ccccc21. The molecule has 2 rings (SSSR count). The number of para-hydroxylation sites is 1. The van der Waals surface area contributed by atoms with E-state index in [4.69, 9.17) is 0 Å². The van der Waals surface area contributed by atoms with E-state index in [2.05, 4.69) is 5.32 Å².